The minimum absolute atomic E-state index is 0.0776. The summed E-state index contributed by atoms with van der Waals surface area (Å²) in [5.74, 6) is 0.828. The Morgan fingerprint density at radius 2 is 1.85 bits per heavy atom. The average Bonchev–Trinajstić information content (AvgIpc) is 3.02. The molecule has 4 rings (SSSR count). The first kappa shape index (κ1) is 24.0. The molecule has 180 valence electrons. The summed E-state index contributed by atoms with van der Waals surface area (Å²) in [6.07, 6.45) is 2.21. The lowest BCUT2D eigenvalue weighted by Gasteiger charge is -2.35. The van der Waals surface area contributed by atoms with Gasteiger partial charge in [-0.25, -0.2) is 8.42 Å². The van der Waals surface area contributed by atoms with Gasteiger partial charge in [-0.05, 0) is 57.2 Å². The average molecular weight is 494 g/mol. The van der Waals surface area contributed by atoms with Gasteiger partial charge in [0.2, 0.25) is 0 Å². The van der Waals surface area contributed by atoms with Gasteiger partial charge < -0.3 is 14.2 Å². The Morgan fingerprint density at radius 3 is 2.48 bits per heavy atom. The number of fused-ring (bicyclic) bond motifs is 1. The normalized spacial score (nSPS) is 19.4. The first-order chi connectivity index (χ1) is 15.6. The van der Waals surface area contributed by atoms with Crippen LogP contribution < -0.4 is 9.04 Å². The molecule has 0 spiro atoms. The molecule has 2 aliphatic rings. The van der Waals surface area contributed by atoms with Crippen LogP contribution in [0.25, 0.3) is 0 Å². The molecule has 1 amide bonds. The maximum absolute atomic E-state index is 14.2. The quantitative estimate of drug-likeness (QED) is 0.627. The molecule has 7 nitrogen and oxygen atoms in total. The van der Waals surface area contributed by atoms with Crippen molar-refractivity contribution in [3.05, 3.63) is 40.2 Å². The van der Waals surface area contributed by atoms with Crippen LogP contribution in [0.1, 0.15) is 54.9 Å². The van der Waals surface area contributed by atoms with E-state index in [2.05, 4.69) is 6.92 Å². The molecule has 0 radical (unpaired) electrons. The number of rotatable bonds is 4. The fourth-order valence-electron chi connectivity index (χ4n) is 4.69. The van der Waals surface area contributed by atoms with Crippen molar-refractivity contribution in [2.75, 3.05) is 23.9 Å². The second kappa shape index (κ2) is 8.87. The highest BCUT2D eigenvalue weighted by atomic mass is 35.5. The van der Waals surface area contributed by atoms with E-state index in [0.29, 0.717) is 53.3 Å². The van der Waals surface area contributed by atoms with Crippen molar-refractivity contribution in [1.82, 2.24) is 9.47 Å². The molecule has 3 heterocycles. The molecule has 2 aromatic rings. The van der Waals surface area contributed by atoms with E-state index in [4.69, 9.17) is 16.3 Å². The maximum atomic E-state index is 14.2. The topological polar surface area (TPSA) is 71.9 Å². The zero-order valence-electron chi connectivity index (χ0n) is 19.9. The zero-order chi connectivity index (χ0) is 24.1. The second-order valence-corrected chi connectivity index (χ2v) is 11.4. The number of carbonyl (C=O) groups excluding carboxylic acids is 1. The van der Waals surface area contributed by atoms with Gasteiger partial charge in [0.15, 0.2) is 0 Å². The number of nitrogens with zero attached hydrogens (tertiary/aromatic N) is 3. The van der Waals surface area contributed by atoms with E-state index in [1.165, 1.54) is 4.31 Å². The number of sulfonamides is 1. The van der Waals surface area contributed by atoms with Crippen molar-refractivity contribution in [2.24, 2.45) is 13.0 Å². The summed E-state index contributed by atoms with van der Waals surface area (Å²) < 4.78 is 37.6. The number of ether oxygens (including phenoxy) is 1. The molecule has 2 aliphatic heterocycles. The molecule has 0 N–H and O–H groups in total. The van der Waals surface area contributed by atoms with E-state index in [9.17, 15) is 13.2 Å². The van der Waals surface area contributed by atoms with Crippen molar-refractivity contribution in [2.45, 2.75) is 58.0 Å². The van der Waals surface area contributed by atoms with Crippen LogP contribution in [0.2, 0.25) is 5.02 Å². The summed E-state index contributed by atoms with van der Waals surface area (Å²) in [7, 11) is -2.26. The predicted molar refractivity (Wildman–Crippen MR) is 130 cm³/mol. The number of halogens is 1. The van der Waals surface area contributed by atoms with Gasteiger partial charge in [0.05, 0.1) is 17.8 Å². The van der Waals surface area contributed by atoms with Crippen molar-refractivity contribution >= 4 is 33.2 Å². The van der Waals surface area contributed by atoms with Gasteiger partial charge in [0, 0.05) is 36.5 Å². The number of amides is 1. The van der Waals surface area contributed by atoms with E-state index in [1.54, 1.807) is 41.6 Å². The number of hydrogen-bond acceptors (Lipinski definition) is 4. The van der Waals surface area contributed by atoms with Crippen molar-refractivity contribution in [3.8, 4) is 5.75 Å². The number of benzene rings is 1. The standard InChI is InChI=1S/C24H32ClN3O4S/c1-6-19-14-28(20-13-18(25)7-8-21(20)32-19)33(30,31)23-17(4)26(5)16(3)22(23)24(29)27-11-9-15(2)10-12-27/h7-8,13,15,19H,6,9-12,14H2,1-5H3/t19-/m1/s1. The van der Waals surface area contributed by atoms with E-state index in [0.717, 1.165) is 12.8 Å². The van der Waals surface area contributed by atoms with Crippen LogP contribution in [0.15, 0.2) is 23.1 Å². The van der Waals surface area contributed by atoms with E-state index >= 15 is 0 Å². The van der Waals surface area contributed by atoms with Crippen LogP contribution in [0, 0.1) is 19.8 Å². The van der Waals surface area contributed by atoms with Crippen LogP contribution in [-0.4, -0.2) is 49.5 Å². The summed E-state index contributed by atoms with van der Waals surface area (Å²) in [6, 6.07) is 5.00. The number of carbonyl (C=O) groups is 1. The van der Waals surface area contributed by atoms with Crippen LogP contribution in [0.3, 0.4) is 0 Å². The first-order valence-electron chi connectivity index (χ1n) is 11.5. The molecule has 0 saturated carbocycles. The fourth-order valence-corrected chi connectivity index (χ4v) is 6.84. The van der Waals surface area contributed by atoms with E-state index < -0.39 is 10.0 Å². The molecule has 1 aromatic heterocycles. The highest BCUT2D eigenvalue weighted by molar-refractivity contribution is 7.93. The molecule has 1 aromatic carbocycles. The van der Waals surface area contributed by atoms with Crippen LogP contribution in [0.5, 0.6) is 5.75 Å². The SMILES string of the molecule is CC[C@@H]1CN(S(=O)(=O)c2c(C(=O)N3CCC(C)CC3)c(C)n(C)c2C)c2cc(Cl)ccc2O1. The van der Waals surface area contributed by atoms with Crippen LogP contribution in [-0.2, 0) is 17.1 Å². The first-order valence-corrected chi connectivity index (χ1v) is 13.3. The summed E-state index contributed by atoms with van der Waals surface area (Å²) >= 11 is 6.22. The Hall–Kier alpha value is -2.19. The molecule has 33 heavy (non-hydrogen) atoms. The van der Waals surface area contributed by atoms with Crippen LogP contribution >= 0.6 is 11.6 Å². The number of hydrogen-bond donors (Lipinski definition) is 0. The van der Waals surface area contributed by atoms with E-state index in [1.807, 2.05) is 13.8 Å². The zero-order valence-corrected chi connectivity index (χ0v) is 21.5. The Bertz CT molecular complexity index is 1180. The maximum Gasteiger partial charge on any atom is 0.267 e. The predicted octanol–water partition coefficient (Wildman–Crippen LogP) is 4.53. The molecule has 1 fully saturated rings. The Labute approximate surface area is 201 Å². The third-order valence-electron chi connectivity index (χ3n) is 7.06. The van der Waals surface area contributed by atoms with Gasteiger partial charge in [-0.3, -0.25) is 9.10 Å². The van der Waals surface area contributed by atoms with Gasteiger partial charge in [-0.2, -0.15) is 0 Å². The lowest BCUT2D eigenvalue weighted by Crippen LogP contribution is -2.44. The third kappa shape index (κ3) is 4.12. The molecule has 0 bridgehead atoms. The van der Waals surface area contributed by atoms with E-state index in [-0.39, 0.29) is 29.0 Å². The molecule has 1 atom stereocenters. The molecule has 9 heteroatoms. The lowest BCUT2D eigenvalue weighted by molar-refractivity contribution is 0.0692. The highest BCUT2D eigenvalue weighted by Gasteiger charge is 2.40. The summed E-state index contributed by atoms with van der Waals surface area (Å²) in [5, 5.41) is 0.423. The Kier molecular flexibility index (Phi) is 6.44. The number of aromatic nitrogens is 1. The molecular weight excluding hydrogens is 462 g/mol. The number of likely N-dealkylation sites (tertiary alicyclic amines) is 1. The number of anilines is 1. The Balaban J connectivity index is 1.85. The van der Waals surface area contributed by atoms with Crippen molar-refractivity contribution < 1.29 is 17.9 Å². The van der Waals surface area contributed by atoms with Gasteiger partial charge in [-0.1, -0.05) is 25.4 Å². The summed E-state index contributed by atoms with van der Waals surface area (Å²) in [4.78, 5) is 15.5. The molecular formula is C24H32ClN3O4S. The van der Waals surface area contributed by atoms with Gasteiger partial charge in [0.1, 0.15) is 16.7 Å². The fraction of sp³-hybridized carbons (Fsp3) is 0.542. The highest BCUT2D eigenvalue weighted by Crippen LogP contribution is 2.41. The van der Waals surface area contributed by atoms with Crippen molar-refractivity contribution in [3.63, 3.8) is 0 Å². The minimum atomic E-state index is -4.07. The third-order valence-corrected chi connectivity index (χ3v) is 9.24. The second-order valence-electron chi connectivity index (χ2n) is 9.20. The molecule has 1 saturated heterocycles. The Morgan fingerprint density at radius 1 is 1.18 bits per heavy atom. The van der Waals surface area contributed by atoms with Crippen LogP contribution in [0.4, 0.5) is 5.69 Å². The van der Waals surface area contributed by atoms with Crippen molar-refractivity contribution in [1.29, 1.82) is 0 Å². The summed E-state index contributed by atoms with van der Waals surface area (Å²) in [5.41, 5.74) is 1.87. The van der Waals surface area contributed by atoms with Gasteiger partial charge in [0.25, 0.3) is 15.9 Å². The van der Waals surface area contributed by atoms with Gasteiger partial charge in [-0.15, -0.1) is 0 Å². The monoisotopic (exact) mass is 493 g/mol. The largest absolute Gasteiger partial charge is 0.486 e. The lowest BCUT2D eigenvalue weighted by atomic mass is 9.98. The summed E-state index contributed by atoms with van der Waals surface area (Å²) in [6.45, 7) is 9.15. The van der Waals surface area contributed by atoms with Gasteiger partial charge >= 0.3 is 0 Å². The minimum Gasteiger partial charge on any atom is -0.486 e. The molecule has 0 unspecified atom stereocenters. The molecule has 0 aliphatic carbocycles. The smallest absolute Gasteiger partial charge is 0.267 e. The number of piperidine rings is 1.